The number of hydrogen-bond donors (Lipinski definition) is 1. The Hall–Kier alpha value is -0.880. The van der Waals surface area contributed by atoms with Crippen molar-refractivity contribution in [1.82, 2.24) is 14.3 Å². The van der Waals surface area contributed by atoms with Crippen LogP contribution in [0.15, 0.2) is 11.2 Å². The van der Waals surface area contributed by atoms with E-state index in [-0.39, 0.29) is 11.1 Å². The molecule has 0 saturated carbocycles. The number of aromatic nitrogens is 2. The van der Waals surface area contributed by atoms with Gasteiger partial charge in [0.1, 0.15) is 5.82 Å². The van der Waals surface area contributed by atoms with Crippen molar-refractivity contribution in [3.8, 4) is 0 Å². The van der Waals surface area contributed by atoms with Crippen molar-refractivity contribution in [1.29, 1.82) is 0 Å². The third-order valence-corrected chi connectivity index (χ3v) is 4.88. The number of sulfonamides is 1. The van der Waals surface area contributed by atoms with Crippen LogP contribution in [-0.2, 0) is 10.0 Å². The van der Waals surface area contributed by atoms with Gasteiger partial charge in [-0.15, -0.1) is 0 Å². The minimum atomic E-state index is -3.38. The van der Waals surface area contributed by atoms with Gasteiger partial charge in [-0.05, 0) is 26.2 Å². The molecule has 0 aliphatic carbocycles. The summed E-state index contributed by atoms with van der Waals surface area (Å²) in [6.45, 7) is 6.37. The zero-order chi connectivity index (χ0) is 11.9. The Kier molecular flexibility index (Phi) is 2.79. The molecule has 5 nitrogen and oxygen atoms in total. The van der Waals surface area contributed by atoms with Gasteiger partial charge in [0.05, 0.1) is 6.20 Å². The van der Waals surface area contributed by atoms with E-state index in [2.05, 4.69) is 16.9 Å². The van der Waals surface area contributed by atoms with Crippen LogP contribution in [0.3, 0.4) is 0 Å². The molecule has 1 saturated heterocycles. The van der Waals surface area contributed by atoms with Gasteiger partial charge in [0.15, 0.2) is 5.03 Å². The second kappa shape index (κ2) is 3.85. The van der Waals surface area contributed by atoms with Crippen LogP contribution in [0.1, 0.15) is 26.1 Å². The number of nitrogens with zero attached hydrogens (tertiary/aromatic N) is 2. The number of imidazole rings is 1. The summed E-state index contributed by atoms with van der Waals surface area (Å²) in [5, 5.41) is 0.200. The van der Waals surface area contributed by atoms with Gasteiger partial charge in [0, 0.05) is 12.6 Å². The van der Waals surface area contributed by atoms with Gasteiger partial charge in [-0.25, -0.2) is 13.4 Å². The fraction of sp³-hybridized carbons (Fsp3) is 0.700. The fourth-order valence-corrected chi connectivity index (χ4v) is 3.98. The van der Waals surface area contributed by atoms with E-state index in [1.165, 1.54) is 6.20 Å². The Morgan fingerprint density at radius 2 is 2.19 bits per heavy atom. The lowest BCUT2D eigenvalue weighted by Crippen LogP contribution is -2.34. The lowest BCUT2D eigenvalue weighted by atomic mass is 10.1. The van der Waals surface area contributed by atoms with Crippen molar-refractivity contribution in [3.63, 3.8) is 0 Å². The van der Waals surface area contributed by atoms with Gasteiger partial charge in [-0.3, -0.25) is 0 Å². The number of rotatable bonds is 2. The SMILES string of the molecule is Cc1ncc(S(=O)(=O)N2CC(C)CC2C)[nH]1. The smallest absolute Gasteiger partial charge is 0.260 e. The second-order valence-corrected chi connectivity index (χ2v) is 6.46. The summed E-state index contributed by atoms with van der Waals surface area (Å²) >= 11 is 0. The largest absolute Gasteiger partial charge is 0.332 e. The van der Waals surface area contributed by atoms with Crippen molar-refractivity contribution in [2.24, 2.45) is 5.92 Å². The van der Waals surface area contributed by atoms with Crippen molar-refractivity contribution in [2.75, 3.05) is 6.54 Å². The molecule has 6 heteroatoms. The predicted molar refractivity (Wildman–Crippen MR) is 60.5 cm³/mol. The molecule has 1 aliphatic heterocycles. The summed E-state index contributed by atoms with van der Waals surface area (Å²) in [6.07, 6.45) is 2.31. The molecule has 2 unspecified atom stereocenters. The predicted octanol–water partition coefficient (Wildman–Crippen LogP) is 1.14. The van der Waals surface area contributed by atoms with Crippen LogP contribution in [0.2, 0.25) is 0 Å². The molecular weight excluding hydrogens is 226 g/mol. The van der Waals surface area contributed by atoms with Gasteiger partial charge in [-0.1, -0.05) is 6.92 Å². The lowest BCUT2D eigenvalue weighted by Gasteiger charge is -2.19. The molecule has 0 amide bonds. The topological polar surface area (TPSA) is 66.1 Å². The van der Waals surface area contributed by atoms with E-state index in [1.54, 1.807) is 11.2 Å². The Morgan fingerprint density at radius 1 is 1.50 bits per heavy atom. The minimum Gasteiger partial charge on any atom is -0.332 e. The number of hydrogen-bond acceptors (Lipinski definition) is 3. The molecule has 2 rings (SSSR count). The van der Waals surface area contributed by atoms with Crippen molar-refractivity contribution >= 4 is 10.0 Å². The highest BCUT2D eigenvalue weighted by molar-refractivity contribution is 7.89. The molecule has 1 aromatic heterocycles. The van der Waals surface area contributed by atoms with Crippen molar-refractivity contribution < 1.29 is 8.42 Å². The van der Waals surface area contributed by atoms with E-state index in [9.17, 15) is 8.42 Å². The molecule has 0 radical (unpaired) electrons. The summed E-state index contributed by atoms with van der Waals surface area (Å²) in [7, 11) is -3.38. The standard InChI is InChI=1S/C10H17N3O2S/c1-7-4-8(2)13(6-7)16(14,15)10-5-11-9(3)12-10/h5,7-8H,4,6H2,1-3H3,(H,11,12). The zero-order valence-electron chi connectivity index (χ0n) is 9.77. The lowest BCUT2D eigenvalue weighted by molar-refractivity contribution is 0.404. The molecule has 2 atom stereocenters. The third-order valence-electron chi connectivity index (χ3n) is 2.99. The van der Waals surface area contributed by atoms with E-state index in [0.29, 0.717) is 18.3 Å². The van der Waals surface area contributed by atoms with E-state index in [4.69, 9.17) is 0 Å². The maximum atomic E-state index is 12.3. The average Bonchev–Trinajstić information content (AvgIpc) is 2.73. The first kappa shape index (κ1) is 11.6. The van der Waals surface area contributed by atoms with Crippen LogP contribution in [0.4, 0.5) is 0 Å². The Bertz CT molecular complexity index is 480. The highest BCUT2D eigenvalue weighted by Crippen LogP contribution is 2.28. The molecule has 1 aliphatic rings. The number of nitrogens with one attached hydrogen (secondary N) is 1. The summed E-state index contributed by atoms with van der Waals surface area (Å²) in [5.74, 6) is 1.05. The van der Waals surface area contributed by atoms with E-state index >= 15 is 0 Å². The molecule has 1 fully saturated rings. The van der Waals surface area contributed by atoms with Crippen LogP contribution in [0.25, 0.3) is 0 Å². The van der Waals surface area contributed by atoms with Crippen molar-refractivity contribution in [2.45, 2.75) is 38.3 Å². The first-order valence-electron chi connectivity index (χ1n) is 5.44. The first-order valence-corrected chi connectivity index (χ1v) is 6.88. The van der Waals surface area contributed by atoms with Crippen LogP contribution < -0.4 is 0 Å². The minimum absolute atomic E-state index is 0.0728. The summed E-state index contributed by atoms with van der Waals surface area (Å²) < 4.78 is 26.1. The molecular formula is C10H17N3O2S. The molecule has 1 aromatic rings. The van der Waals surface area contributed by atoms with E-state index in [0.717, 1.165) is 6.42 Å². The number of aryl methyl sites for hydroxylation is 1. The van der Waals surface area contributed by atoms with Gasteiger partial charge in [-0.2, -0.15) is 4.31 Å². The molecule has 90 valence electrons. The van der Waals surface area contributed by atoms with Crippen LogP contribution in [-0.4, -0.2) is 35.3 Å². The second-order valence-electron chi connectivity index (χ2n) is 4.60. The van der Waals surface area contributed by atoms with Gasteiger partial charge < -0.3 is 4.98 Å². The molecule has 1 N–H and O–H groups in total. The highest BCUT2D eigenvalue weighted by Gasteiger charge is 2.36. The molecule has 0 spiro atoms. The monoisotopic (exact) mass is 243 g/mol. The molecule has 0 aromatic carbocycles. The maximum absolute atomic E-state index is 12.3. The van der Waals surface area contributed by atoms with Crippen LogP contribution in [0, 0.1) is 12.8 Å². The van der Waals surface area contributed by atoms with Gasteiger partial charge >= 0.3 is 0 Å². The molecule has 0 bridgehead atoms. The van der Waals surface area contributed by atoms with E-state index in [1.807, 2.05) is 6.92 Å². The normalized spacial score (nSPS) is 27.4. The van der Waals surface area contributed by atoms with Crippen LogP contribution >= 0.6 is 0 Å². The van der Waals surface area contributed by atoms with E-state index < -0.39 is 10.0 Å². The molecule has 2 heterocycles. The quantitative estimate of drug-likeness (QED) is 0.847. The van der Waals surface area contributed by atoms with Gasteiger partial charge in [0.25, 0.3) is 10.0 Å². The highest BCUT2D eigenvalue weighted by atomic mass is 32.2. The zero-order valence-corrected chi connectivity index (χ0v) is 10.6. The van der Waals surface area contributed by atoms with Gasteiger partial charge in [0.2, 0.25) is 0 Å². The molecule has 16 heavy (non-hydrogen) atoms. The Balaban J connectivity index is 2.33. The summed E-state index contributed by atoms with van der Waals surface area (Å²) in [6, 6.07) is 0.0728. The number of aromatic amines is 1. The Morgan fingerprint density at radius 3 is 2.62 bits per heavy atom. The van der Waals surface area contributed by atoms with Crippen molar-refractivity contribution in [3.05, 3.63) is 12.0 Å². The fourth-order valence-electron chi connectivity index (χ4n) is 2.25. The maximum Gasteiger partial charge on any atom is 0.260 e. The number of H-pyrrole nitrogens is 1. The third kappa shape index (κ3) is 1.87. The summed E-state index contributed by atoms with van der Waals surface area (Å²) in [5.41, 5.74) is 0. The summed E-state index contributed by atoms with van der Waals surface area (Å²) in [4.78, 5) is 6.72. The average molecular weight is 243 g/mol. The first-order chi connectivity index (χ1) is 7.41. The van der Waals surface area contributed by atoms with Crippen LogP contribution in [0.5, 0.6) is 0 Å². The Labute approximate surface area is 95.9 Å².